The van der Waals surface area contributed by atoms with Gasteiger partial charge in [-0.2, -0.15) is 0 Å². The molecule has 0 saturated heterocycles. The predicted molar refractivity (Wildman–Crippen MR) is 82.7 cm³/mol. The van der Waals surface area contributed by atoms with Gasteiger partial charge in [-0.15, -0.1) is 0 Å². The quantitative estimate of drug-likeness (QED) is 0.867. The Balaban J connectivity index is 2.75. The van der Waals surface area contributed by atoms with E-state index in [1.165, 1.54) is 5.56 Å². The highest BCUT2D eigenvalue weighted by molar-refractivity contribution is 5.31. The van der Waals surface area contributed by atoms with Crippen LogP contribution in [0.1, 0.15) is 53.5 Å². The van der Waals surface area contributed by atoms with Crippen molar-refractivity contribution < 1.29 is 4.74 Å². The van der Waals surface area contributed by atoms with Crippen molar-refractivity contribution in [3.8, 4) is 5.75 Å². The zero-order chi connectivity index (χ0) is 14.7. The molecule has 1 aromatic rings. The van der Waals surface area contributed by atoms with Crippen LogP contribution in [0.2, 0.25) is 0 Å². The molecule has 0 saturated carbocycles. The molecule has 0 aliphatic carbocycles. The monoisotopic (exact) mass is 263 g/mol. The lowest BCUT2D eigenvalue weighted by Gasteiger charge is -2.33. The number of nitrogens with two attached hydrogens (primary N) is 1. The lowest BCUT2D eigenvalue weighted by molar-refractivity contribution is 0.282. The molecule has 0 unspecified atom stereocenters. The van der Waals surface area contributed by atoms with Crippen LogP contribution in [0.25, 0.3) is 0 Å². The van der Waals surface area contributed by atoms with E-state index >= 15 is 0 Å². The third-order valence-electron chi connectivity index (χ3n) is 3.12. The van der Waals surface area contributed by atoms with Crippen LogP contribution < -0.4 is 10.5 Å². The zero-order valence-corrected chi connectivity index (χ0v) is 13.3. The molecular formula is C17H29NO. The minimum absolute atomic E-state index is 0.0667. The van der Waals surface area contributed by atoms with Crippen LogP contribution >= 0.6 is 0 Å². The summed E-state index contributed by atoms with van der Waals surface area (Å²) < 4.78 is 5.61. The Bertz CT molecular complexity index is 385. The molecule has 0 radical (unpaired) electrons. The molecule has 1 aromatic carbocycles. The number of benzene rings is 1. The van der Waals surface area contributed by atoms with Crippen molar-refractivity contribution in [3.63, 3.8) is 0 Å². The van der Waals surface area contributed by atoms with E-state index in [4.69, 9.17) is 10.5 Å². The summed E-state index contributed by atoms with van der Waals surface area (Å²) in [5, 5.41) is 0. The first-order valence-corrected chi connectivity index (χ1v) is 7.09. The van der Waals surface area contributed by atoms with Crippen molar-refractivity contribution in [3.05, 3.63) is 29.8 Å². The van der Waals surface area contributed by atoms with E-state index in [1.54, 1.807) is 0 Å². The van der Waals surface area contributed by atoms with Gasteiger partial charge < -0.3 is 10.5 Å². The highest BCUT2D eigenvalue weighted by Gasteiger charge is 2.27. The molecule has 0 heterocycles. The summed E-state index contributed by atoms with van der Waals surface area (Å²) in [6.45, 7) is 14.0. The van der Waals surface area contributed by atoms with Crippen LogP contribution in [-0.4, -0.2) is 12.6 Å². The zero-order valence-electron chi connectivity index (χ0n) is 13.3. The fourth-order valence-corrected chi connectivity index (χ4v) is 2.66. The average Bonchev–Trinajstić information content (AvgIpc) is 2.23. The summed E-state index contributed by atoms with van der Waals surface area (Å²) in [6.07, 6.45) is 1.15. The molecule has 1 atom stereocenters. The molecule has 2 N–H and O–H groups in total. The van der Waals surface area contributed by atoms with E-state index in [2.05, 4.69) is 46.8 Å². The smallest absolute Gasteiger partial charge is 0.119 e. The van der Waals surface area contributed by atoms with Gasteiger partial charge in [0.1, 0.15) is 12.4 Å². The Morgan fingerprint density at radius 1 is 1.05 bits per heavy atom. The van der Waals surface area contributed by atoms with Crippen LogP contribution in [0.3, 0.4) is 0 Å². The van der Waals surface area contributed by atoms with Crippen molar-refractivity contribution in [2.75, 3.05) is 6.61 Å². The lowest BCUT2D eigenvalue weighted by Crippen LogP contribution is -2.25. The Kier molecular flexibility index (Phi) is 5.03. The summed E-state index contributed by atoms with van der Waals surface area (Å²) in [4.78, 5) is 0. The first-order chi connectivity index (χ1) is 8.60. The molecular weight excluding hydrogens is 234 g/mol. The van der Waals surface area contributed by atoms with Crippen molar-refractivity contribution in [1.29, 1.82) is 0 Å². The van der Waals surface area contributed by atoms with Gasteiger partial charge >= 0.3 is 0 Å². The van der Waals surface area contributed by atoms with E-state index in [1.807, 2.05) is 19.1 Å². The third kappa shape index (κ3) is 5.65. The molecule has 0 bridgehead atoms. The molecule has 108 valence electrons. The average molecular weight is 263 g/mol. The van der Waals surface area contributed by atoms with Gasteiger partial charge in [0.05, 0.1) is 0 Å². The molecule has 0 aromatic heterocycles. The second-order valence-corrected chi connectivity index (χ2v) is 7.43. The Labute approximate surface area is 118 Å². The van der Waals surface area contributed by atoms with Gasteiger partial charge in [0.2, 0.25) is 0 Å². The van der Waals surface area contributed by atoms with Crippen LogP contribution in [0.15, 0.2) is 24.3 Å². The molecule has 0 aliphatic rings. The van der Waals surface area contributed by atoms with Crippen LogP contribution in [0, 0.1) is 5.41 Å². The number of hydrogen-bond acceptors (Lipinski definition) is 2. The van der Waals surface area contributed by atoms with Crippen LogP contribution in [0.4, 0.5) is 0 Å². The second-order valence-electron chi connectivity index (χ2n) is 7.43. The highest BCUT2D eigenvalue weighted by atomic mass is 16.5. The molecule has 1 rings (SSSR count). The second kappa shape index (κ2) is 5.96. The highest BCUT2D eigenvalue weighted by Crippen LogP contribution is 2.36. The van der Waals surface area contributed by atoms with Gasteiger partial charge in [0.15, 0.2) is 0 Å². The van der Waals surface area contributed by atoms with Crippen molar-refractivity contribution in [2.24, 2.45) is 11.1 Å². The van der Waals surface area contributed by atoms with E-state index in [9.17, 15) is 0 Å². The van der Waals surface area contributed by atoms with E-state index in [-0.39, 0.29) is 11.5 Å². The van der Waals surface area contributed by atoms with Gasteiger partial charge in [-0.25, -0.2) is 0 Å². The summed E-state index contributed by atoms with van der Waals surface area (Å²) in [7, 11) is 0. The fraction of sp³-hybridized carbons (Fsp3) is 0.647. The predicted octanol–water partition coefficient (Wildman–Crippen LogP) is 4.13. The Morgan fingerprint density at radius 2 is 1.58 bits per heavy atom. The fourth-order valence-electron chi connectivity index (χ4n) is 2.66. The maximum absolute atomic E-state index is 5.68. The van der Waals surface area contributed by atoms with E-state index < -0.39 is 0 Å². The molecule has 2 nitrogen and oxygen atoms in total. The summed E-state index contributed by atoms with van der Waals surface area (Å²) in [6, 6.07) is 8.49. The maximum atomic E-state index is 5.68. The van der Waals surface area contributed by atoms with E-state index in [0.29, 0.717) is 12.0 Å². The lowest BCUT2D eigenvalue weighted by atomic mass is 9.72. The van der Waals surface area contributed by atoms with Gasteiger partial charge in [-0.1, -0.05) is 46.8 Å². The largest absolute Gasteiger partial charge is 0.492 e. The van der Waals surface area contributed by atoms with Gasteiger partial charge in [-0.05, 0) is 41.9 Å². The number of hydrogen-bond donors (Lipinski definition) is 1. The van der Waals surface area contributed by atoms with Crippen molar-refractivity contribution >= 4 is 0 Å². The summed E-state index contributed by atoms with van der Waals surface area (Å²) >= 11 is 0. The molecule has 0 fully saturated rings. The summed E-state index contributed by atoms with van der Waals surface area (Å²) in [5.41, 5.74) is 7.55. The number of ether oxygens (including phenoxy) is 1. The minimum atomic E-state index is 0.0667. The van der Waals surface area contributed by atoms with Crippen LogP contribution in [0.5, 0.6) is 5.75 Å². The molecule has 0 amide bonds. The minimum Gasteiger partial charge on any atom is -0.492 e. The topological polar surface area (TPSA) is 35.2 Å². The SMILES string of the molecule is C[C@H](N)COc1ccc(C(C)(C)CC(C)(C)C)cc1. The molecule has 2 heteroatoms. The first kappa shape index (κ1) is 16.0. The number of rotatable bonds is 5. The maximum Gasteiger partial charge on any atom is 0.119 e. The normalized spacial score (nSPS) is 14.3. The van der Waals surface area contributed by atoms with Crippen molar-refractivity contribution in [1.82, 2.24) is 0 Å². The Hall–Kier alpha value is -1.02. The van der Waals surface area contributed by atoms with Crippen LogP contribution in [-0.2, 0) is 5.41 Å². The third-order valence-corrected chi connectivity index (χ3v) is 3.12. The molecule has 0 spiro atoms. The van der Waals surface area contributed by atoms with Crippen molar-refractivity contribution in [2.45, 2.75) is 59.4 Å². The first-order valence-electron chi connectivity index (χ1n) is 7.09. The molecule has 0 aliphatic heterocycles. The molecule has 19 heavy (non-hydrogen) atoms. The van der Waals surface area contributed by atoms with Gasteiger partial charge in [0.25, 0.3) is 0 Å². The standard InChI is InChI=1S/C17H29NO/c1-13(18)11-19-15-9-7-14(8-10-15)17(5,6)12-16(2,3)4/h7-10,13H,11-12,18H2,1-6H3/t13-/m0/s1. The Morgan fingerprint density at radius 3 is 2.00 bits per heavy atom. The van der Waals surface area contributed by atoms with Gasteiger partial charge in [0, 0.05) is 6.04 Å². The summed E-state index contributed by atoms with van der Waals surface area (Å²) in [5.74, 6) is 0.896. The van der Waals surface area contributed by atoms with E-state index in [0.717, 1.165) is 12.2 Å². The van der Waals surface area contributed by atoms with Gasteiger partial charge in [-0.3, -0.25) is 0 Å².